The molecule has 4 fully saturated rings. The first-order valence-corrected chi connectivity index (χ1v) is 10.6. The Labute approximate surface area is 170 Å². The lowest BCUT2D eigenvalue weighted by atomic mass is 9.75. The average molecular weight is 394 g/mol. The standard InChI is InChI=1S/C22H26N4O3/c1-14-4-9-25(23-14)12-20(27)26-11-17(16-2-3-18-19(10-16)29-13-28-18)22-21(26)15-5-7-24(22)8-6-15/h2-4,9-10,15,17,21-22H,5-8,11-13H2,1H3/t17-,21+,22+/m0/s1. The number of benzene rings is 1. The number of hydrogen-bond acceptors (Lipinski definition) is 5. The van der Waals surface area contributed by atoms with Crippen molar-refractivity contribution in [2.75, 3.05) is 26.4 Å². The van der Waals surface area contributed by atoms with E-state index in [1.807, 2.05) is 25.3 Å². The van der Waals surface area contributed by atoms with Crippen LogP contribution >= 0.6 is 0 Å². The maximum atomic E-state index is 13.3. The van der Waals surface area contributed by atoms with E-state index in [2.05, 4.69) is 27.0 Å². The molecular formula is C22H26N4O3. The second kappa shape index (κ2) is 6.49. The number of nitrogens with zero attached hydrogens (tertiary/aromatic N) is 4. The second-order valence-corrected chi connectivity index (χ2v) is 8.77. The van der Waals surface area contributed by atoms with Gasteiger partial charge in [0.25, 0.3) is 0 Å². The van der Waals surface area contributed by atoms with Gasteiger partial charge < -0.3 is 14.4 Å². The SMILES string of the molecule is Cc1ccn(CC(=O)N2C[C@@H](c3ccc4c(c3)OCO4)[C@@H]3[C@H]2C2CCN3CC2)n1. The number of carbonyl (C=O) groups excluding carboxylic acids is 1. The Balaban J connectivity index is 1.32. The third kappa shape index (κ3) is 2.74. The van der Waals surface area contributed by atoms with Crippen molar-refractivity contribution in [3.05, 3.63) is 41.7 Å². The van der Waals surface area contributed by atoms with Crippen LogP contribution in [0, 0.1) is 12.8 Å². The quantitative estimate of drug-likeness (QED) is 0.797. The lowest BCUT2D eigenvalue weighted by Gasteiger charge is -2.51. The van der Waals surface area contributed by atoms with Gasteiger partial charge in [0.05, 0.1) is 11.7 Å². The van der Waals surface area contributed by atoms with Crippen LogP contribution in [0.2, 0.25) is 0 Å². The van der Waals surface area contributed by atoms with Crippen molar-refractivity contribution >= 4 is 5.91 Å². The summed E-state index contributed by atoms with van der Waals surface area (Å²) in [6.45, 7) is 5.62. The molecule has 1 aromatic heterocycles. The molecule has 0 aliphatic carbocycles. The van der Waals surface area contributed by atoms with Crippen LogP contribution in [0.1, 0.15) is 30.0 Å². The molecule has 7 nitrogen and oxygen atoms in total. The number of likely N-dealkylation sites (tertiary alicyclic amines) is 1. The average Bonchev–Trinajstić information content (AvgIpc) is 3.46. The summed E-state index contributed by atoms with van der Waals surface area (Å²) in [5.74, 6) is 2.73. The van der Waals surface area contributed by atoms with Crippen molar-refractivity contribution < 1.29 is 14.3 Å². The molecule has 2 aromatic rings. The molecule has 5 aliphatic heterocycles. The maximum absolute atomic E-state index is 13.3. The summed E-state index contributed by atoms with van der Waals surface area (Å²) >= 11 is 0. The Kier molecular flexibility index (Phi) is 3.88. The van der Waals surface area contributed by atoms with E-state index in [9.17, 15) is 4.79 Å². The summed E-state index contributed by atoms with van der Waals surface area (Å²) in [5, 5.41) is 4.42. The van der Waals surface area contributed by atoms with Crippen LogP contribution in [0.3, 0.4) is 0 Å². The monoisotopic (exact) mass is 394 g/mol. The van der Waals surface area contributed by atoms with E-state index in [1.165, 1.54) is 18.4 Å². The molecular weight excluding hydrogens is 368 g/mol. The molecule has 2 bridgehead atoms. The molecule has 6 heterocycles. The van der Waals surface area contributed by atoms with E-state index in [0.29, 0.717) is 30.5 Å². The van der Waals surface area contributed by atoms with E-state index in [1.54, 1.807) is 4.68 Å². The molecule has 4 saturated heterocycles. The molecule has 0 saturated carbocycles. The molecule has 0 unspecified atom stereocenters. The predicted molar refractivity (Wildman–Crippen MR) is 106 cm³/mol. The fourth-order valence-corrected chi connectivity index (χ4v) is 5.92. The lowest BCUT2D eigenvalue weighted by molar-refractivity contribution is -0.136. The number of fused-ring (bicyclic) bond motifs is 3. The zero-order chi connectivity index (χ0) is 19.5. The van der Waals surface area contributed by atoms with Crippen LogP contribution in [0.25, 0.3) is 0 Å². The molecule has 1 amide bonds. The van der Waals surface area contributed by atoms with Gasteiger partial charge in [-0.3, -0.25) is 14.4 Å². The lowest BCUT2D eigenvalue weighted by Crippen LogP contribution is -2.61. The van der Waals surface area contributed by atoms with Gasteiger partial charge in [0.2, 0.25) is 12.7 Å². The summed E-state index contributed by atoms with van der Waals surface area (Å²) in [7, 11) is 0. The van der Waals surface area contributed by atoms with Crippen molar-refractivity contribution in [2.45, 2.75) is 44.3 Å². The fraction of sp³-hybridized carbons (Fsp3) is 0.545. The number of aryl methyl sites for hydroxylation is 1. The molecule has 7 rings (SSSR count). The number of piperidine rings is 3. The molecule has 7 heteroatoms. The second-order valence-electron chi connectivity index (χ2n) is 8.77. The Bertz CT molecular complexity index is 949. The van der Waals surface area contributed by atoms with Gasteiger partial charge >= 0.3 is 0 Å². The Morgan fingerprint density at radius 3 is 2.76 bits per heavy atom. The van der Waals surface area contributed by atoms with Gasteiger partial charge in [-0.25, -0.2) is 0 Å². The van der Waals surface area contributed by atoms with Crippen LogP contribution in [-0.4, -0.2) is 64.0 Å². The number of rotatable bonds is 3. The van der Waals surface area contributed by atoms with Crippen molar-refractivity contribution in [3.8, 4) is 11.5 Å². The van der Waals surface area contributed by atoms with Crippen LogP contribution in [0.4, 0.5) is 0 Å². The highest BCUT2D eigenvalue weighted by Gasteiger charge is 2.54. The molecule has 5 aliphatic rings. The highest BCUT2D eigenvalue weighted by Crippen LogP contribution is 2.47. The van der Waals surface area contributed by atoms with Crippen LogP contribution in [0.15, 0.2) is 30.5 Å². The topological polar surface area (TPSA) is 59.8 Å². The highest BCUT2D eigenvalue weighted by molar-refractivity contribution is 5.77. The van der Waals surface area contributed by atoms with E-state index < -0.39 is 0 Å². The summed E-state index contributed by atoms with van der Waals surface area (Å²) in [6, 6.07) is 8.94. The van der Waals surface area contributed by atoms with Crippen LogP contribution in [-0.2, 0) is 11.3 Å². The largest absolute Gasteiger partial charge is 0.454 e. The van der Waals surface area contributed by atoms with Crippen molar-refractivity contribution in [1.82, 2.24) is 19.6 Å². The van der Waals surface area contributed by atoms with Crippen molar-refractivity contribution in [3.63, 3.8) is 0 Å². The zero-order valence-corrected chi connectivity index (χ0v) is 16.7. The van der Waals surface area contributed by atoms with Crippen molar-refractivity contribution in [2.24, 2.45) is 5.92 Å². The Hall–Kier alpha value is -2.54. The fourth-order valence-electron chi connectivity index (χ4n) is 5.92. The smallest absolute Gasteiger partial charge is 0.244 e. The maximum Gasteiger partial charge on any atom is 0.244 e. The third-order valence-corrected chi connectivity index (χ3v) is 7.21. The number of ether oxygens (including phenoxy) is 2. The number of aromatic nitrogens is 2. The molecule has 29 heavy (non-hydrogen) atoms. The summed E-state index contributed by atoms with van der Waals surface area (Å²) in [4.78, 5) is 18.1. The summed E-state index contributed by atoms with van der Waals surface area (Å²) in [6.07, 6.45) is 4.28. The zero-order valence-electron chi connectivity index (χ0n) is 16.7. The van der Waals surface area contributed by atoms with Gasteiger partial charge in [0.1, 0.15) is 6.54 Å². The van der Waals surface area contributed by atoms with Gasteiger partial charge in [0, 0.05) is 24.7 Å². The molecule has 0 spiro atoms. The van der Waals surface area contributed by atoms with Gasteiger partial charge in [-0.15, -0.1) is 0 Å². The van der Waals surface area contributed by atoms with Crippen LogP contribution in [0.5, 0.6) is 11.5 Å². The minimum absolute atomic E-state index is 0.181. The molecule has 152 valence electrons. The molecule has 0 N–H and O–H groups in total. The first-order chi connectivity index (χ1) is 14.2. The molecule has 3 atom stereocenters. The number of amides is 1. The van der Waals surface area contributed by atoms with E-state index >= 15 is 0 Å². The predicted octanol–water partition coefficient (Wildman–Crippen LogP) is 2.01. The summed E-state index contributed by atoms with van der Waals surface area (Å²) in [5.41, 5.74) is 2.19. The van der Waals surface area contributed by atoms with E-state index in [4.69, 9.17) is 9.47 Å². The first kappa shape index (κ1) is 17.3. The number of hydrogen-bond donors (Lipinski definition) is 0. The van der Waals surface area contributed by atoms with Crippen molar-refractivity contribution in [1.29, 1.82) is 0 Å². The summed E-state index contributed by atoms with van der Waals surface area (Å²) < 4.78 is 12.9. The first-order valence-electron chi connectivity index (χ1n) is 10.6. The normalized spacial score (nSPS) is 31.9. The van der Waals surface area contributed by atoms with Gasteiger partial charge in [0.15, 0.2) is 11.5 Å². The Morgan fingerprint density at radius 2 is 1.97 bits per heavy atom. The van der Waals surface area contributed by atoms with E-state index in [-0.39, 0.29) is 12.7 Å². The minimum Gasteiger partial charge on any atom is -0.454 e. The number of carbonyl (C=O) groups is 1. The minimum atomic E-state index is 0.181. The van der Waals surface area contributed by atoms with E-state index in [0.717, 1.165) is 36.8 Å². The van der Waals surface area contributed by atoms with Crippen LogP contribution < -0.4 is 9.47 Å². The third-order valence-electron chi connectivity index (χ3n) is 7.21. The van der Waals surface area contributed by atoms with Gasteiger partial charge in [-0.1, -0.05) is 6.07 Å². The molecule has 0 radical (unpaired) electrons. The van der Waals surface area contributed by atoms with Gasteiger partial charge in [-0.05, 0) is 62.5 Å². The van der Waals surface area contributed by atoms with Gasteiger partial charge in [-0.2, -0.15) is 5.10 Å². The Morgan fingerprint density at radius 1 is 1.14 bits per heavy atom. The highest BCUT2D eigenvalue weighted by atomic mass is 16.7. The molecule has 1 aromatic carbocycles.